The van der Waals surface area contributed by atoms with Crippen molar-refractivity contribution in [2.75, 3.05) is 6.79 Å². The molecule has 0 saturated carbocycles. The maximum Gasteiger partial charge on any atom is 0.332 e. The monoisotopic (exact) mass is 297 g/mol. The molecule has 0 N–H and O–H groups in total. The van der Waals surface area contributed by atoms with Gasteiger partial charge in [0.25, 0.3) is 0 Å². The van der Waals surface area contributed by atoms with Crippen LogP contribution in [0.3, 0.4) is 0 Å². The Morgan fingerprint density at radius 1 is 1.24 bits per heavy atom. The molecular formula is C14H19NO6. The Kier molecular flexibility index (Phi) is 3.78. The minimum Gasteiger partial charge on any atom is -0.427 e. The van der Waals surface area contributed by atoms with E-state index in [0.717, 1.165) is 0 Å². The quantitative estimate of drug-likeness (QED) is 0.422. The van der Waals surface area contributed by atoms with Gasteiger partial charge in [0.15, 0.2) is 5.78 Å². The Hall–Kier alpha value is -1.92. The molecule has 2 rings (SSSR count). The molecule has 0 bridgehead atoms. The van der Waals surface area contributed by atoms with Crippen LogP contribution in [0, 0.1) is 11.3 Å². The minimum absolute atomic E-state index is 0.122. The highest BCUT2D eigenvalue weighted by Gasteiger charge is 2.58. The van der Waals surface area contributed by atoms with E-state index >= 15 is 0 Å². The van der Waals surface area contributed by atoms with E-state index < -0.39 is 42.1 Å². The van der Waals surface area contributed by atoms with Crippen molar-refractivity contribution in [1.82, 2.24) is 4.90 Å². The van der Waals surface area contributed by atoms with E-state index in [2.05, 4.69) is 0 Å². The summed E-state index contributed by atoms with van der Waals surface area (Å²) >= 11 is 0. The predicted molar refractivity (Wildman–Crippen MR) is 69.7 cm³/mol. The fourth-order valence-corrected chi connectivity index (χ4v) is 2.48. The van der Waals surface area contributed by atoms with E-state index in [1.807, 2.05) is 0 Å². The lowest BCUT2D eigenvalue weighted by Crippen LogP contribution is -2.56. The van der Waals surface area contributed by atoms with E-state index in [9.17, 15) is 19.2 Å². The van der Waals surface area contributed by atoms with Crippen LogP contribution >= 0.6 is 0 Å². The summed E-state index contributed by atoms with van der Waals surface area (Å²) in [6, 6.07) is -1.40. The number of ether oxygens (including phenoxy) is 2. The van der Waals surface area contributed by atoms with Crippen LogP contribution in [-0.4, -0.2) is 47.4 Å². The molecular weight excluding hydrogens is 278 g/mol. The lowest BCUT2D eigenvalue weighted by atomic mass is 9.98. The van der Waals surface area contributed by atoms with E-state index in [-0.39, 0.29) is 18.1 Å². The van der Waals surface area contributed by atoms with Crippen molar-refractivity contribution in [3.8, 4) is 0 Å². The topological polar surface area (TPSA) is 90.0 Å². The molecule has 0 aromatic carbocycles. The van der Waals surface area contributed by atoms with Crippen molar-refractivity contribution in [3.05, 3.63) is 0 Å². The number of nitrogens with zero attached hydrogens (tertiary/aromatic N) is 1. The van der Waals surface area contributed by atoms with E-state index in [4.69, 9.17) is 9.47 Å². The van der Waals surface area contributed by atoms with Gasteiger partial charge in [-0.15, -0.1) is 0 Å². The number of Topliss-reactive ketones (excluding diaryl/α,β-unsaturated/α-hetero) is 1. The number of ketones is 1. The first kappa shape index (κ1) is 15.5. The molecule has 2 aliphatic rings. The number of rotatable bonds is 3. The second-order valence-electron chi connectivity index (χ2n) is 6.42. The standard InChI is InChI=1S/C14H19NO6/c1-7-10(15-8(11(7)17)5-9(15)16)12(18)20-6-21-13(19)14(2,3)4/h7-8,10H,5-6H2,1-4H3/t7-,8+,10-/m1/s1. The molecule has 1 amide bonds. The summed E-state index contributed by atoms with van der Waals surface area (Å²) < 4.78 is 9.72. The van der Waals surface area contributed by atoms with Gasteiger partial charge in [-0.3, -0.25) is 14.4 Å². The highest BCUT2D eigenvalue weighted by molar-refractivity contribution is 6.07. The van der Waals surface area contributed by atoms with Crippen LogP contribution in [-0.2, 0) is 28.7 Å². The Morgan fingerprint density at radius 3 is 2.38 bits per heavy atom. The molecule has 2 aliphatic heterocycles. The summed E-state index contributed by atoms with van der Waals surface area (Å²) in [6.45, 7) is 6.12. The fraction of sp³-hybridized carbons (Fsp3) is 0.714. The zero-order valence-electron chi connectivity index (χ0n) is 12.5. The summed E-state index contributed by atoms with van der Waals surface area (Å²) in [5.74, 6) is -2.15. The third-order valence-corrected chi connectivity index (χ3v) is 3.79. The molecule has 0 aromatic rings. The van der Waals surface area contributed by atoms with Crippen LogP contribution in [0.25, 0.3) is 0 Å². The van der Waals surface area contributed by atoms with Crippen LogP contribution in [0.1, 0.15) is 34.1 Å². The molecule has 2 saturated heterocycles. The third kappa shape index (κ3) is 2.64. The summed E-state index contributed by atoms with van der Waals surface area (Å²) in [5, 5.41) is 0. The van der Waals surface area contributed by atoms with Gasteiger partial charge >= 0.3 is 11.9 Å². The molecule has 0 unspecified atom stereocenters. The number of hydrogen-bond acceptors (Lipinski definition) is 6. The van der Waals surface area contributed by atoms with Crippen molar-refractivity contribution in [1.29, 1.82) is 0 Å². The Labute approximate surface area is 122 Å². The number of carbonyl (C=O) groups excluding carboxylic acids is 4. The molecule has 0 radical (unpaired) electrons. The van der Waals surface area contributed by atoms with Gasteiger partial charge in [0.1, 0.15) is 12.1 Å². The Bertz CT molecular complexity index is 506. The largest absolute Gasteiger partial charge is 0.427 e. The van der Waals surface area contributed by atoms with Gasteiger partial charge in [-0.1, -0.05) is 6.92 Å². The number of β-lactam (4-membered cyclic amide) rings is 1. The lowest BCUT2D eigenvalue weighted by molar-refractivity contribution is -0.179. The molecule has 0 aliphatic carbocycles. The normalized spacial score (nSPS) is 28.0. The average Bonchev–Trinajstić information content (AvgIpc) is 2.57. The van der Waals surface area contributed by atoms with Crippen LogP contribution < -0.4 is 0 Å². The van der Waals surface area contributed by atoms with E-state index in [1.165, 1.54) is 4.90 Å². The average molecular weight is 297 g/mol. The first-order chi connectivity index (χ1) is 9.64. The van der Waals surface area contributed by atoms with Gasteiger partial charge in [0, 0.05) is 5.92 Å². The van der Waals surface area contributed by atoms with Crippen LogP contribution in [0.4, 0.5) is 0 Å². The van der Waals surface area contributed by atoms with E-state index in [0.29, 0.717) is 0 Å². The number of amides is 1. The van der Waals surface area contributed by atoms with Gasteiger partial charge in [-0.25, -0.2) is 4.79 Å². The minimum atomic E-state index is -0.905. The molecule has 2 fully saturated rings. The maximum atomic E-state index is 12.0. The lowest BCUT2D eigenvalue weighted by Gasteiger charge is -2.36. The fourth-order valence-electron chi connectivity index (χ4n) is 2.48. The zero-order chi connectivity index (χ0) is 15.9. The second kappa shape index (κ2) is 5.13. The van der Waals surface area contributed by atoms with Crippen molar-refractivity contribution < 1.29 is 28.7 Å². The first-order valence-electron chi connectivity index (χ1n) is 6.83. The van der Waals surface area contributed by atoms with Gasteiger partial charge < -0.3 is 14.4 Å². The van der Waals surface area contributed by atoms with Crippen molar-refractivity contribution in [2.24, 2.45) is 11.3 Å². The predicted octanol–water partition coefficient (Wildman–Crippen LogP) is 0.265. The van der Waals surface area contributed by atoms with Crippen molar-refractivity contribution in [3.63, 3.8) is 0 Å². The van der Waals surface area contributed by atoms with Gasteiger partial charge in [-0.05, 0) is 20.8 Å². The third-order valence-electron chi connectivity index (χ3n) is 3.79. The molecule has 0 aromatic heterocycles. The number of hydrogen-bond donors (Lipinski definition) is 0. The maximum absolute atomic E-state index is 12.0. The summed E-state index contributed by atoms with van der Waals surface area (Å²) in [6.07, 6.45) is 0.159. The molecule has 7 heteroatoms. The van der Waals surface area contributed by atoms with Crippen molar-refractivity contribution in [2.45, 2.75) is 46.2 Å². The molecule has 2 heterocycles. The SMILES string of the molecule is C[C@H]1C(=O)[C@@H]2CC(=O)N2[C@H]1C(=O)OCOC(=O)C(C)(C)C. The van der Waals surface area contributed by atoms with E-state index in [1.54, 1.807) is 27.7 Å². The molecule has 21 heavy (non-hydrogen) atoms. The summed E-state index contributed by atoms with van der Waals surface area (Å²) in [7, 11) is 0. The van der Waals surface area contributed by atoms with Gasteiger partial charge in [0.05, 0.1) is 11.8 Å². The first-order valence-corrected chi connectivity index (χ1v) is 6.83. The summed E-state index contributed by atoms with van der Waals surface area (Å²) in [4.78, 5) is 48.2. The smallest absolute Gasteiger partial charge is 0.332 e. The zero-order valence-corrected chi connectivity index (χ0v) is 12.5. The molecule has 0 spiro atoms. The van der Waals surface area contributed by atoms with Gasteiger partial charge in [0.2, 0.25) is 12.7 Å². The number of carbonyl (C=O) groups is 4. The van der Waals surface area contributed by atoms with Crippen molar-refractivity contribution >= 4 is 23.6 Å². The Balaban J connectivity index is 1.91. The highest BCUT2D eigenvalue weighted by Crippen LogP contribution is 2.36. The van der Waals surface area contributed by atoms with Crippen LogP contribution in [0.5, 0.6) is 0 Å². The van der Waals surface area contributed by atoms with Gasteiger partial charge in [-0.2, -0.15) is 0 Å². The number of esters is 2. The van der Waals surface area contributed by atoms with Crippen LogP contribution in [0.2, 0.25) is 0 Å². The van der Waals surface area contributed by atoms with Crippen LogP contribution in [0.15, 0.2) is 0 Å². The molecule has 3 atom stereocenters. The Morgan fingerprint density at radius 2 is 1.86 bits per heavy atom. The molecule has 116 valence electrons. The molecule has 7 nitrogen and oxygen atoms in total. The summed E-state index contributed by atoms with van der Waals surface area (Å²) in [5.41, 5.74) is -0.693. The number of fused-ring (bicyclic) bond motifs is 1. The second-order valence-corrected chi connectivity index (χ2v) is 6.42. The highest BCUT2D eigenvalue weighted by atomic mass is 16.7.